The number of nitrogens with zero attached hydrogens (tertiary/aromatic N) is 4. The number of benzene rings is 1. The summed E-state index contributed by atoms with van der Waals surface area (Å²) in [6.07, 6.45) is 10.00. The Morgan fingerprint density at radius 2 is 1.78 bits per heavy atom. The van der Waals surface area contributed by atoms with Gasteiger partial charge in [-0.05, 0) is 24.5 Å². The molecular formula is C21H20N4OS. The summed E-state index contributed by atoms with van der Waals surface area (Å²) >= 11 is 1.37. The van der Waals surface area contributed by atoms with Crippen LogP contribution in [0.1, 0.15) is 47.0 Å². The summed E-state index contributed by atoms with van der Waals surface area (Å²) in [7, 11) is 0. The lowest BCUT2D eigenvalue weighted by Crippen LogP contribution is -2.59. The topological polar surface area (TPSA) is 59.0 Å². The minimum absolute atomic E-state index is 0.0704. The number of thiazole rings is 1. The van der Waals surface area contributed by atoms with Crippen molar-refractivity contribution in [2.75, 3.05) is 6.54 Å². The van der Waals surface area contributed by atoms with Crippen molar-refractivity contribution in [3.8, 4) is 10.8 Å². The highest BCUT2D eigenvalue weighted by Gasteiger charge is 2.56. The van der Waals surface area contributed by atoms with Crippen LogP contribution in [0.15, 0.2) is 55.0 Å². The molecule has 1 aromatic carbocycles. The number of carbonyl (C=O) groups is 1. The molecule has 6 heteroatoms. The van der Waals surface area contributed by atoms with E-state index in [0.717, 1.165) is 6.54 Å². The molecule has 2 aromatic heterocycles. The lowest BCUT2D eigenvalue weighted by Gasteiger charge is -2.56. The Morgan fingerprint density at radius 1 is 1.04 bits per heavy atom. The SMILES string of the molecule is O=C(c1cnc(-c2ncccn2)s1)N1CC2(CCCC2)C1c1ccccc1. The molecule has 1 atom stereocenters. The Bertz CT molecular complexity index is 951. The summed E-state index contributed by atoms with van der Waals surface area (Å²) in [5.41, 5.74) is 1.50. The van der Waals surface area contributed by atoms with Gasteiger partial charge in [0.05, 0.1) is 12.2 Å². The molecule has 5 rings (SSSR count). The Kier molecular flexibility index (Phi) is 4.01. The van der Waals surface area contributed by atoms with E-state index in [1.54, 1.807) is 24.7 Å². The van der Waals surface area contributed by atoms with Gasteiger partial charge in [0.1, 0.15) is 4.88 Å². The Balaban J connectivity index is 1.44. The van der Waals surface area contributed by atoms with Crippen LogP contribution in [-0.4, -0.2) is 32.3 Å². The quantitative estimate of drug-likeness (QED) is 0.681. The fraction of sp³-hybridized carbons (Fsp3) is 0.333. The number of hydrogen-bond acceptors (Lipinski definition) is 5. The maximum atomic E-state index is 13.3. The highest BCUT2D eigenvalue weighted by Crippen LogP contribution is 2.58. The first-order valence-corrected chi connectivity index (χ1v) is 10.2. The molecule has 1 saturated heterocycles. The van der Waals surface area contributed by atoms with Crippen LogP contribution in [0.5, 0.6) is 0 Å². The average Bonchev–Trinajstić information content (AvgIpc) is 3.38. The summed E-state index contributed by atoms with van der Waals surface area (Å²) in [6.45, 7) is 0.848. The van der Waals surface area contributed by atoms with Gasteiger partial charge in [-0.1, -0.05) is 43.2 Å². The largest absolute Gasteiger partial charge is 0.330 e. The minimum Gasteiger partial charge on any atom is -0.330 e. The molecule has 1 amide bonds. The first-order valence-electron chi connectivity index (χ1n) is 9.36. The number of carbonyl (C=O) groups excluding carboxylic acids is 1. The molecule has 27 heavy (non-hydrogen) atoms. The maximum Gasteiger partial charge on any atom is 0.266 e. The van der Waals surface area contributed by atoms with E-state index in [1.165, 1.54) is 42.6 Å². The van der Waals surface area contributed by atoms with Gasteiger partial charge in [-0.2, -0.15) is 0 Å². The zero-order chi connectivity index (χ0) is 18.3. The number of likely N-dealkylation sites (tertiary alicyclic amines) is 1. The number of rotatable bonds is 3. The Morgan fingerprint density at radius 3 is 2.52 bits per heavy atom. The van der Waals surface area contributed by atoms with Crippen molar-refractivity contribution >= 4 is 17.2 Å². The minimum atomic E-state index is 0.0704. The number of aromatic nitrogens is 3. The maximum absolute atomic E-state index is 13.3. The van der Waals surface area contributed by atoms with Crippen LogP contribution in [0.3, 0.4) is 0 Å². The standard InChI is InChI=1S/C21H20N4OS/c26-20(16-13-24-19(27-16)18-22-11-6-12-23-18)25-14-21(9-4-5-10-21)17(25)15-7-2-1-3-8-15/h1-3,6-8,11-13,17H,4-5,9-10,14H2. The van der Waals surface area contributed by atoms with Gasteiger partial charge in [-0.3, -0.25) is 4.79 Å². The van der Waals surface area contributed by atoms with Gasteiger partial charge in [0.15, 0.2) is 10.8 Å². The normalized spacial score (nSPS) is 20.6. The molecule has 3 aromatic rings. The van der Waals surface area contributed by atoms with Gasteiger partial charge < -0.3 is 4.90 Å². The van der Waals surface area contributed by atoms with Crippen LogP contribution >= 0.6 is 11.3 Å². The van der Waals surface area contributed by atoms with Crippen molar-refractivity contribution in [2.45, 2.75) is 31.7 Å². The van der Waals surface area contributed by atoms with Crippen LogP contribution in [0.2, 0.25) is 0 Å². The first kappa shape index (κ1) is 16.6. The lowest BCUT2D eigenvalue weighted by atomic mass is 9.67. The van der Waals surface area contributed by atoms with Gasteiger partial charge >= 0.3 is 0 Å². The predicted molar refractivity (Wildman–Crippen MR) is 104 cm³/mol. The lowest BCUT2D eigenvalue weighted by molar-refractivity contribution is -0.0508. The fourth-order valence-corrected chi connectivity index (χ4v) is 5.45. The van der Waals surface area contributed by atoms with Crippen molar-refractivity contribution in [2.24, 2.45) is 5.41 Å². The Hall–Kier alpha value is -2.60. The van der Waals surface area contributed by atoms with E-state index in [1.807, 2.05) is 11.0 Å². The van der Waals surface area contributed by atoms with Crippen molar-refractivity contribution in [1.82, 2.24) is 19.9 Å². The molecule has 0 radical (unpaired) electrons. The van der Waals surface area contributed by atoms with Gasteiger partial charge in [-0.15, -0.1) is 11.3 Å². The zero-order valence-electron chi connectivity index (χ0n) is 14.9. The summed E-state index contributed by atoms with van der Waals surface area (Å²) in [5, 5.41) is 0.686. The first-order chi connectivity index (χ1) is 13.3. The van der Waals surface area contributed by atoms with E-state index >= 15 is 0 Å². The third-order valence-corrected chi connectivity index (χ3v) is 6.81. The van der Waals surface area contributed by atoms with Crippen molar-refractivity contribution in [1.29, 1.82) is 0 Å². The van der Waals surface area contributed by atoms with Gasteiger partial charge in [0.25, 0.3) is 5.91 Å². The van der Waals surface area contributed by atoms with Crippen molar-refractivity contribution < 1.29 is 4.79 Å². The molecule has 3 heterocycles. The highest BCUT2D eigenvalue weighted by atomic mass is 32.1. The molecule has 1 spiro atoms. The monoisotopic (exact) mass is 376 g/mol. The zero-order valence-corrected chi connectivity index (χ0v) is 15.7. The van der Waals surface area contributed by atoms with Gasteiger partial charge in [-0.25, -0.2) is 15.0 Å². The second kappa shape index (κ2) is 6.53. The van der Waals surface area contributed by atoms with Crippen molar-refractivity contribution in [3.05, 3.63) is 65.4 Å². The summed E-state index contributed by atoms with van der Waals surface area (Å²) in [5.74, 6) is 0.637. The molecule has 2 aliphatic rings. The molecule has 1 saturated carbocycles. The Labute approximate surface area is 162 Å². The number of amides is 1. The molecule has 0 bridgehead atoms. The molecule has 2 fully saturated rings. The second-order valence-corrected chi connectivity index (χ2v) is 8.45. The van der Waals surface area contributed by atoms with E-state index in [-0.39, 0.29) is 17.4 Å². The summed E-state index contributed by atoms with van der Waals surface area (Å²) < 4.78 is 0. The third kappa shape index (κ3) is 2.75. The molecule has 1 aliphatic carbocycles. The molecule has 0 N–H and O–H groups in total. The fourth-order valence-electron chi connectivity index (χ4n) is 4.63. The van der Waals surface area contributed by atoms with E-state index in [0.29, 0.717) is 15.7 Å². The highest BCUT2D eigenvalue weighted by molar-refractivity contribution is 7.16. The molecule has 5 nitrogen and oxygen atoms in total. The smallest absolute Gasteiger partial charge is 0.266 e. The molecule has 136 valence electrons. The van der Waals surface area contributed by atoms with E-state index < -0.39 is 0 Å². The van der Waals surface area contributed by atoms with Crippen LogP contribution in [0, 0.1) is 5.41 Å². The average molecular weight is 376 g/mol. The van der Waals surface area contributed by atoms with E-state index in [2.05, 4.69) is 39.2 Å². The molecular weight excluding hydrogens is 356 g/mol. The van der Waals surface area contributed by atoms with Crippen LogP contribution in [0.4, 0.5) is 0 Å². The van der Waals surface area contributed by atoms with Crippen LogP contribution in [-0.2, 0) is 0 Å². The van der Waals surface area contributed by atoms with Gasteiger partial charge in [0.2, 0.25) is 0 Å². The van der Waals surface area contributed by atoms with Gasteiger partial charge in [0, 0.05) is 24.4 Å². The third-order valence-electron chi connectivity index (χ3n) is 5.83. The summed E-state index contributed by atoms with van der Waals surface area (Å²) in [6, 6.07) is 12.4. The number of hydrogen-bond donors (Lipinski definition) is 0. The second-order valence-electron chi connectivity index (χ2n) is 7.42. The van der Waals surface area contributed by atoms with E-state index in [4.69, 9.17) is 0 Å². The van der Waals surface area contributed by atoms with Crippen LogP contribution < -0.4 is 0 Å². The molecule has 1 unspecified atom stereocenters. The van der Waals surface area contributed by atoms with Crippen molar-refractivity contribution in [3.63, 3.8) is 0 Å². The molecule has 1 aliphatic heterocycles. The van der Waals surface area contributed by atoms with Crippen LogP contribution in [0.25, 0.3) is 10.8 Å². The van der Waals surface area contributed by atoms with E-state index in [9.17, 15) is 4.79 Å². The summed E-state index contributed by atoms with van der Waals surface area (Å²) in [4.78, 5) is 28.8. The predicted octanol–water partition coefficient (Wildman–Crippen LogP) is 4.36.